The fourth-order valence-corrected chi connectivity index (χ4v) is 2.91. The molecular formula is C14H17NOS. The minimum absolute atomic E-state index is 0.248. The van der Waals surface area contributed by atoms with Gasteiger partial charge in [-0.25, -0.2) is 4.98 Å². The molecule has 1 aromatic heterocycles. The predicted molar refractivity (Wildman–Crippen MR) is 72.8 cm³/mol. The number of para-hydroxylation sites is 1. The molecule has 0 aliphatic rings. The topological polar surface area (TPSA) is 30.0 Å². The predicted octanol–water partition coefficient (Wildman–Crippen LogP) is 4.11. The second-order valence-corrected chi connectivity index (χ2v) is 5.77. The molecule has 0 amide bonds. The molecule has 0 radical (unpaired) electrons. The van der Waals surface area contributed by atoms with Crippen molar-refractivity contribution in [3.8, 4) is 0 Å². The lowest BCUT2D eigenvalue weighted by atomic mass is 9.97. The Morgan fingerprint density at radius 1 is 1.35 bits per heavy atom. The molecule has 0 saturated heterocycles. The van der Waals surface area contributed by atoms with Crippen LogP contribution in [0.15, 0.2) is 18.2 Å². The molecule has 1 atom stereocenters. The van der Waals surface area contributed by atoms with Gasteiger partial charge < -0.3 is 4.79 Å². The first-order chi connectivity index (χ1) is 8.13. The van der Waals surface area contributed by atoms with Gasteiger partial charge >= 0.3 is 0 Å². The molecule has 1 aromatic carbocycles. The maximum Gasteiger partial charge on any atom is 0.120 e. The number of rotatable bonds is 4. The zero-order valence-electron chi connectivity index (χ0n) is 10.4. The lowest BCUT2D eigenvalue weighted by Crippen LogP contribution is -1.95. The van der Waals surface area contributed by atoms with E-state index in [0.29, 0.717) is 12.3 Å². The van der Waals surface area contributed by atoms with E-state index in [-0.39, 0.29) is 5.92 Å². The highest BCUT2D eigenvalue weighted by Gasteiger charge is 2.14. The minimum atomic E-state index is 0.248. The summed E-state index contributed by atoms with van der Waals surface area (Å²) in [7, 11) is 0. The van der Waals surface area contributed by atoms with E-state index in [4.69, 9.17) is 4.98 Å². The summed E-state index contributed by atoms with van der Waals surface area (Å²) in [6.45, 7) is 6.40. The van der Waals surface area contributed by atoms with Crippen molar-refractivity contribution in [2.24, 2.45) is 0 Å². The van der Waals surface area contributed by atoms with Crippen LogP contribution in [-0.4, -0.2) is 11.3 Å². The third-order valence-electron chi connectivity index (χ3n) is 2.94. The molecule has 2 nitrogen and oxygen atoms in total. The van der Waals surface area contributed by atoms with E-state index < -0.39 is 0 Å². The average Bonchev–Trinajstić information content (AvgIpc) is 2.72. The number of thiazole rings is 1. The fraction of sp³-hybridized carbons (Fsp3) is 0.429. The number of hydrogen-bond acceptors (Lipinski definition) is 3. The second kappa shape index (κ2) is 4.96. The van der Waals surface area contributed by atoms with Gasteiger partial charge in [0.05, 0.1) is 15.2 Å². The lowest BCUT2D eigenvalue weighted by Gasteiger charge is -2.08. The summed E-state index contributed by atoms with van der Waals surface area (Å²) in [5, 5.41) is 1.17. The van der Waals surface area contributed by atoms with Crippen LogP contribution < -0.4 is 0 Å². The smallest absolute Gasteiger partial charge is 0.120 e. The molecule has 0 spiro atoms. The maximum absolute atomic E-state index is 10.6. The first-order valence-electron chi connectivity index (χ1n) is 5.96. The Morgan fingerprint density at radius 2 is 2.12 bits per heavy atom. The van der Waals surface area contributed by atoms with Gasteiger partial charge in [0.2, 0.25) is 0 Å². The molecule has 0 saturated carbocycles. The number of fused-ring (bicyclic) bond motifs is 1. The SMILES string of the molecule is CC(C)c1nc2c(C(C)CC=O)cccc2s1. The number of benzene rings is 1. The molecule has 1 unspecified atom stereocenters. The number of aromatic nitrogens is 1. The van der Waals surface area contributed by atoms with Crippen molar-refractivity contribution in [3.63, 3.8) is 0 Å². The summed E-state index contributed by atoms with van der Waals surface area (Å²) >= 11 is 1.76. The van der Waals surface area contributed by atoms with Gasteiger partial charge in [0.15, 0.2) is 0 Å². The molecular weight excluding hydrogens is 230 g/mol. The number of carbonyl (C=O) groups excluding carboxylic acids is 1. The van der Waals surface area contributed by atoms with Gasteiger partial charge in [0, 0.05) is 12.3 Å². The van der Waals surface area contributed by atoms with Crippen molar-refractivity contribution in [2.75, 3.05) is 0 Å². The molecule has 1 heterocycles. The quantitative estimate of drug-likeness (QED) is 0.761. The Bertz CT molecular complexity index is 530. The van der Waals surface area contributed by atoms with Crippen molar-refractivity contribution in [2.45, 2.75) is 39.0 Å². The normalized spacial score (nSPS) is 13.2. The Kier molecular flexibility index (Phi) is 3.57. The average molecular weight is 247 g/mol. The molecule has 17 heavy (non-hydrogen) atoms. The van der Waals surface area contributed by atoms with E-state index in [0.717, 1.165) is 11.8 Å². The van der Waals surface area contributed by atoms with Crippen LogP contribution in [0.3, 0.4) is 0 Å². The minimum Gasteiger partial charge on any atom is -0.303 e. The molecule has 2 aromatic rings. The Labute approximate surface area is 106 Å². The van der Waals surface area contributed by atoms with Gasteiger partial charge in [-0.3, -0.25) is 0 Å². The largest absolute Gasteiger partial charge is 0.303 e. The molecule has 0 bridgehead atoms. The van der Waals surface area contributed by atoms with Crippen LogP contribution in [0, 0.1) is 0 Å². The molecule has 0 fully saturated rings. The van der Waals surface area contributed by atoms with Crippen LogP contribution in [-0.2, 0) is 4.79 Å². The van der Waals surface area contributed by atoms with E-state index in [1.807, 2.05) is 0 Å². The summed E-state index contributed by atoms with van der Waals surface area (Å²) in [6, 6.07) is 6.25. The molecule has 0 N–H and O–H groups in total. The van der Waals surface area contributed by atoms with Crippen LogP contribution in [0.2, 0.25) is 0 Å². The Balaban J connectivity index is 2.52. The molecule has 0 aliphatic heterocycles. The maximum atomic E-state index is 10.6. The van der Waals surface area contributed by atoms with Gasteiger partial charge in [-0.05, 0) is 17.5 Å². The van der Waals surface area contributed by atoms with E-state index in [1.165, 1.54) is 15.3 Å². The third-order valence-corrected chi connectivity index (χ3v) is 4.26. The number of carbonyl (C=O) groups is 1. The van der Waals surface area contributed by atoms with Crippen molar-refractivity contribution >= 4 is 27.8 Å². The van der Waals surface area contributed by atoms with Crippen LogP contribution in [0.4, 0.5) is 0 Å². The van der Waals surface area contributed by atoms with Gasteiger partial charge in [-0.2, -0.15) is 0 Å². The number of nitrogens with zero attached hydrogens (tertiary/aromatic N) is 1. The highest BCUT2D eigenvalue weighted by atomic mass is 32.1. The van der Waals surface area contributed by atoms with Crippen molar-refractivity contribution in [3.05, 3.63) is 28.8 Å². The van der Waals surface area contributed by atoms with Crippen molar-refractivity contribution in [1.82, 2.24) is 4.98 Å². The van der Waals surface area contributed by atoms with Crippen molar-refractivity contribution < 1.29 is 4.79 Å². The Hall–Kier alpha value is -1.22. The highest BCUT2D eigenvalue weighted by molar-refractivity contribution is 7.18. The summed E-state index contributed by atoms with van der Waals surface area (Å²) in [4.78, 5) is 15.3. The lowest BCUT2D eigenvalue weighted by molar-refractivity contribution is -0.108. The molecule has 2 rings (SSSR count). The van der Waals surface area contributed by atoms with E-state index >= 15 is 0 Å². The van der Waals surface area contributed by atoms with E-state index in [1.54, 1.807) is 11.3 Å². The Morgan fingerprint density at radius 3 is 2.76 bits per heavy atom. The van der Waals surface area contributed by atoms with Crippen LogP contribution in [0.25, 0.3) is 10.2 Å². The fourth-order valence-electron chi connectivity index (χ4n) is 1.90. The third kappa shape index (κ3) is 2.39. The monoisotopic (exact) mass is 247 g/mol. The molecule has 3 heteroatoms. The molecule has 90 valence electrons. The zero-order valence-corrected chi connectivity index (χ0v) is 11.3. The van der Waals surface area contributed by atoms with Gasteiger partial charge in [-0.15, -0.1) is 11.3 Å². The highest BCUT2D eigenvalue weighted by Crippen LogP contribution is 2.32. The summed E-state index contributed by atoms with van der Waals surface area (Å²) in [5.41, 5.74) is 2.27. The van der Waals surface area contributed by atoms with E-state index in [9.17, 15) is 4.79 Å². The standard InChI is InChI=1S/C14H17NOS/c1-9(2)14-15-13-11(10(3)7-8-16)5-4-6-12(13)17-14/h4-6,8-10H,7H2,1-3H3. The van der Waals surface area contributed by atoms with Gasteiger partial charge in [0.25, 0.3) is 0 Å². The first-order valence-corrected chi connectivity index (χ1v) is 6.78. The van der Waals surface area contributed by atoms with Crippen LogP contribution >= 0.6 is 11.3 Å². The van der Waals surface area contributed by atoms with Gasteiger partial charge in [-0.1, -0.05) is 32.9 Å². The van der Waals surface area contributed by atoms with Crippen molar-refractivity contribution in [1.29, 1.82) is 0 Å². The van der Waals surface area contributed by atoms with E-state index in [2.05, 4.69) is 39.0 Å². The first kappa shape index (κ1) is 12.2. The number of aldehydes is 1. The summed E-state index contributed by atoms with van der Waals surface area (Å²) in [6.07, 6.45) is 1.55. The second-order valence-electron chi connectivity index (χ2n) is 4.70. The van der Waals surface area contributed by atoms with Gasteiger partial charge in [0.1, 0.15) is 6.29 Å². The van der Waals surface area contributed by atoms with Crippen LogP contribution in [0.5, 0.6) is 0 Å². The summed E-state index contributed by atoms with van der Waals surface area (Å²) < 4.78 is 1.23. The number of hydrogen-bond donors (Lipinski definition) is 0. The summed E-state index contributed by atoms with van der Waals surface area (Å²) in [5.74, 6) is 0.708. The zero-order chi connectivity index (χ0) is 12.4. The van der Waals surface area contributed by atoms with Crippen LogP contribution in [0.1, 0.15) is 49.6 Å². The molecule has 0 aliphatic carbocycles.